The fourth-order valence-corrected chi connectivity index (χ4v) is 4.69. The number of hydrogen-bond acceptors (Lipinski definition) is 4. The largest absolute Gasteiger partial charge is 0.353 e. The lowest BCUT2D eigenvalue weighted by Gasteiger charge is -2.42. The van der Waals surface area contributed by atoms with Crippen molar-refractivity contribution in [1.29, 1.82) is 0 Å². The van der Waals surface area contributed by atoms with Crippen LogP contribution in [0.25, 0.3) is 11.1 Å². The molecule has 166 valence electrons. The molecular formula is C27H32N4O. The monoisotopic (exact) mass is 428 g/mol. The van der Waals surface area contributed by atoms with Crippen LogP contribution in [0.3, 0.4) is 0 Å². The minimum absolute atomic E-state index is 0.127. The van der Waals surface area contributed by atoms with E-state index in [9.17, 15) is 4.79 Å². The van der Waals surface area contributed by atoms with Gasteiger partial charge in [0.1, 0.15) is 0 Å². The maximum atomic E-state index is 13.5. The Kier molecular flexibility index (Phi) is 6.96. The molecule has 0 radical (unpaired) electrons. The third kappa shape index (κ3) is 5.40. The lowest BCUT2D eigenvalue weighted by Crippen LogP contribution is -2.54. The molecule has 1 saturated heterocycles. The Morgan fingerprint density at radius 1 is 1.00 bits per heavy atom. The zero-order valence-corrected chi connectivity index (χ0v) is 19.0. The van der Waals surface area contributed by atoms with Crippen LogP contribution in [0.5, 0.6) is 0 Å². The number of pyridine rings is 2. The van der Waals surface area contributed by atoms with Crippen LogP contribution in [-0.2, 0) is 17.8 Å². The van der Waals surface area contributed by atoms with Crippen LogP contribution < -0.4 is 5.32 Å². The summed E-state index contributed by atoms with van der Waals surface area (Å²) in [5.41, 5.74) is 4.28. The van der Waals surface area contributed by atoms with Gasteiger partial charge in [0.05, 0.1) is 5.41 Å². The van der Waals surface area contributed by atoms with Crippen LogP contribution in [0, 0.1) is 5.41 Å². The molecule has 0 saturated carbocycles. The number of benzene rings is 1. The summed E-state index contributed by atoms with van der Waals surface area (Å²) in [7, 11) is 0. The molecule has 3 aromatic rings. The van der Waals surface area contributed by atoms with Gasteiger partial charge in [0.2, 0.25) is 5.91 Å². The van der Waals surface area contributed by atoms with Crippen molar-refractivity contribution < 1.29 is 4.79 Å². The van der Waals surface area contributed by atoms with E-state index < -0.39 is 5.41 Å². The van der Waals surface area contributed by atoms with Crippen molar-refractivity contribution >= 4 is 5.91 Å². The fourth-order valence-electron chi connectivity index (χ4n) is 4.69. The first-order chi connectivity index (χ1) is 15.5. The lowest BCUT2D eigenvalue weighted by molar-refractivity contribution is -0.135. The summed E-state index contributed by atoms with van der Waals surface area (Å²) < 4.78 is 0. The predicted molar refractivity (Wildman–Crippen MR) is 128 cm³/mol. The topological polar surface area (TPSA) is 58.1 Å². The highest BCUT2D eigenvalue weighted by Gasteiger charge is 2.42. The van der Waals surface area contributed by atoms with E-state index in [-0.39, 0.29) is 11.9 Å². The van der Waals surface area contributed by atoms with Crippen molar-refractivity contribution in [2.75, 3.05) is 13.1 Å². The molecule has 1 N–H and O–H groups in total. The van der Waals surface area contributed by atoms with Gasteiger partial charge in [-0.15, -0.1) is 0 Å². The number of aromatic nitrogens is 2. The summed E-state index contributed by atoms with van der Waals surface area (Å²) in [6, 6.07) is 16.9. The number of amides is 1. The van der Waals surface area contributed by atoms with E-state index in [2.05, 4.69) is 50.5 Å². The second-order valence-electron chi connectivity index (χ2n) is 9.19. The first kappa shape index (κ1) is 22.2. The van der Waals surface area contributed by atoms with Crippen LogP contribution >= 0.6 is 0 Å². The average molecular weight is 429 g/mol. The molecule has 1 aliphatic heterocycles. The van der Waals surface area contributed by atoms with Gasteiger partial charge < -0.3 is 5.32 Å². The van der Waals surface area contributed by atoms with E-state index in [0.29, 0.717) is 0 Å². The maximum Gasteiger partial charge on any atom is 0.228 e. The first-order valence-corrected chi connectivity index (χ1v) is 11.5. The van der Waals surface area contributed by atoms with Gasteiger partial charge in [0.15, 0.2) is 0 Å². The van der Waals surface area contributed by atoms with Crippen LogP contribution in [0.2, 0.25) is 0 Å². The van der Waals surface area contributed by atoms with Crippen molar-refractivity contribution in [3.63, 3.8) is 0 Å². The molecule has 0 bridgehead atoms. The average Bonchev–Trinajstić information content (AvgIpc) is 2.81. The molecule has 1 aliphatic rings. The number of nitrogens with one attached hydrogen (secondary N) is 1. The second kappa shape index (κ2) is 10.0. The fraction of sp³-hybridized carbons (Fsp3) is 0.370. The van der Waals surface area contributed by atoms with E-state index in [0.717, 1.165) is 44.5 Å². The number of rotatable bonds is 7. The Hall–Kier alpha value is -3.05. The summed E-state index contributed by atoms with van der Waals surface area (Å²) in [6.45, 7) is 6.65. The second-order valence-corrected chi connectivity index (χ2v) is 9.19. The molecule has 1 fully saturated rings. The third-order valence-electron chi connectivity index (χ3n) is 6.20. The third-order valence-corrected chi connectivity index (χ3v) is 6.20. The summed E-state index contributed by atoms with van der Waals surface area (Å²) in [4.78, 5) is 24.2. The van der Waals surface area contributed by atoms with Gasteiger partial charge >= 0.3 is 0 Å². The molecule has 5 heteroatoms. The molecule has 3 heterocycles. The number of hydrogen-bond donors (Lipinski definition) is 1. The predicted octanol–water partition coefficient (Wildman–Crippen LogP) is 4.49. The Bertz CT molecular complexity index is 1000. The van der Waals surface area contributed by atoms with Crippen molar-refractivity contribution in [3.8, 4) is 11.1 Å². The highest BCUT2D eigenvalue weighted by molar-refractivity contribution is 5.83. The quantitative estimate of drug-likeness (QED) is 0.602. The normalized spacial score (nSPS) is 19.1. The summed E-state index contributed by atoms with van der Waals surface area (Å²) in [6.07, 6.45) is 10.0. The number of nitrogens with zero attached hydrogens (tertiary/aromatic N) is 3. The molecule has 0 aliphatic carbocycles. The zero-order chi connectivity index (χ0) is 22.4. The van der Waals surface area contributed by atoms with E-state index in [1.165, 1.54) is 16.7 Å². The molecule has 1 atom stereocenters. The van der Waals surface area contributed by atoms with Crippen molar-refractivity contribution in [2.24, 2.45) is 5.41 Å². The zero-order valence-electron chi connectivity index (χ0n) is 19.0. The summed E-state index contributed by atoms with van der Waals surface area (Å²) in [5.74, 6) is 0.168. The lowest BCUT2D eigenvalue weighted by atomic mass is 9.74. The van der Waals surface area contributed by atoms with E-state index in [4.69, 9.17) is 0 Å². The molecule has 1 aromatic carbocycles. The van der Waals surface area contributed by atoms with Gasteiger partial charge in [-0.25, -0.2) is 0 Å². The van der Waals surface area contributed by atoms with Crippen molar-refractivity contribution in [2.45, 2.75) is 45.7 Å². The summed E-state index contributed by atoms with van der Waals surface area (Å²) in [5, 5.41) is 3.21. The van der Waals surface area contributed by atoms with Gasteiger partial charge in [-0.3, -0.25) is 19.7 Å². The summed E-state index contributed by atoms with van der Waals surface area (Å²) >= 11 is 0. The smallest absolute Gasteiger partial charge is 0.228 e. The van der Waals surface area contributed by atoms with Crippen molar-refractivity contribution in [1.82, 2.24) is 20.2 Å². The molecule has 32 heavy (non-hydrogen) atoms. The minimum atomic E-state index is -0.428. The standard InChI is InChI=1S/C27H32N4O/c1-21(2)30-26(32)27(12-4-16-31(20-27)19-23-5-3-13-29-18-23)17-22-6-8-24(9-7-22)25-10-14-28-15-11-25/h3,5-11,13-15,18,21H,4,12,16-17,19-20H2,1-2H3,(H,30,32). The van der Waals surface area contributed by atoms with E-state index >= 15 is 0 Å². The molecule has 1 amide bonds. The Morgan fingerprint density at radius 3 is 2.44 bits per heavy atom. The maximum absolute atomic E-state index is 13.5. The Labute approximate surface area is 190 Å². The molecule has 4 rings (SSSR count). The Balaban J connectivity index is 1.55. The Morgan fingerprint density at radius 2 is 1.75 bits per heavy atom. The molecule has 1 unspecified atom stereocenters. The number of likely N-dealkylation sites (tertiary alicyclic amines) is 1. The highest BCUT2D eigenvalue weighted by atomic mass is 16.2. The van der Waals surface area contributed by atoms with Gasteiger partial charge in [-0.05, 0) is 80.1 Å². The minimum Gasteiger partial charge on any atom is -0.353 e. The number of carbonyl (C=O) groups excluding carboxylic acids is 1. The number of piperidine rings is 1. The van der Waals surface area contributed by atoms with Crippen molar-refractivity contribution in [3.05, 3.63) is 84.4 Å². The van der Waals surface area contributed by atoms with Gasteiger partial charge in [-0.1, -0.05) is 30.3 Å². The molecule has 0 spiro atoms. The van der Waals surface area contributed by atoms with Crippen LogP contribution in [0.4, 0.5) is 0 Å². The SMILES string of the molecule is CC(C)NC(=O)C1(Cc2ccc(-c3ccncc3)cc2)CCCN(Cc2cccnc2)C1. The van der Waals surface area contributed by atoms with E-state index in [1.54, 1.807) is 6.20 Å². The van der Waals surface area contributed by atoms with E-state index in [1.807, 2.05) is 50.6 Å². The first-order valence-electron chi connectivity index (χ1n) is 11.5. The van der Waals surface area contributed by atoms with Gasteiger partial charge in [-0.2, -0.15) is 0 Å². The van der Waals surface area contributed by atoms with Crippen LogP contribution in [0.1, 0.15) is 37.8 Å². The van der Waals surface area contributed by atoms with Gasteiger partial charge in [0.25, 0.3) is 0 Å². The van der Waals surface area contributed by atoms with Crippen LogP contribution in [0.15, 0.2) is 73.3 Å². The highest BCUT2D eigenvalue weighted by Crippen LogP contribution is 2.35. The molecule has 5 nitrogen and oxygen atoms in total. The van der Waals surface area contributed by atoms with Crippen LogP contribution in [-0.4, -0.2) is 39.9 Å². The van der Waals surface area contributed by atoms with Gasteiger partial charge in [0, 0.05) is 43.9 Å². The molecular weight excluding hydrogens is 396 g/mol. The number of carbonyl (C=O) groups is 1. The molecule has 2 aromatic heterocycles.